The Morgan fingerprint density at radius 1 is 1.10 bits per heavy atom. The van der Waals surface area contributed by atoms with Gasteiger partial charge in [-0.1, -0.05) is 19.1 Å². The summed E-state index contributed by atoms with van der Waals surface area (Å²) >= 11 is 1.48. The Balaban J connectivity index is 1.71. The van der Waals surface area contributed by atoms with E-state index in [2.05, 4.69) is 18.0 Å². The van der Waals surface area contributed by atoms with E-state index < -0.39 is 10.0 Å². The van der Waals surface area contributed by atoms with Crippen LogP contribution in [0.25, 0.3) is 0 Å². The lowest BCUT2D eigenvalue weighted by Crippen LogP contribution is -2.31. The first-order chi connectivity index (χ1) is 14.8. The Morgan fingerprint density at radius 3 is 2.52 bits per heavy atom. The number of methoxy groups -OCH3 is 1. The van der Waals surface area contributed by atoms with Crippen LogP contribution in [0.3, 0.4) is 0 Å². The van der Waals surface area contributed by atoms with E-state index >= 15 is 0 Å². The largest absolute Gasteiger partial charge is 0.497 e. The summed E-state index contributed by atoms with van der Waals surface area (Å²) < 4.78 is 38.8. The van der Waals surface area contributed by atoms with Gasteiger partial charge in [-0.15, -0.1) is 11.3 Å². The van der Waals surface area contributed by atoms with Gasteiger partial charge in [0.2, 0.25) is 10.0 Å². The molecule has 0 aliphatic heterocycles. The van der Waals surface area contributed by atoms with Crippen molar-refractivity contribution < 1.29 is 17.9 Å². The van der Waals surface area contributed by atoms with E-state index in [0.717, 1.165) is 22.0 Å². The molecule has 0 amide bonds. The molecule has 6 nitrogen and oxygen atoms in total. The summed E-state index contributed by atoms with van der Waals surface area (Å²) in [5, 5.41) is 2.71. The number of hydrogen-bond donors (Lipinski definition) is 0. The van der Waals surface area contributed by atoms with Crippen molar-refractivity contribution >= 4 is 21.4 Å². The molecule has 3 aromatic rings. The zero-order valence-corrected chi connectivity index (χ0v) is 19.9. The van der Waals surface area contributed by atoms with Crippen LogP contribution in [0.15, 0.2) is 52.7 Å². The lowest BCUT2D eigenvalue weighted by atomic mass is 10.1. The third kappa shape index (κ3) is 5.64. The van der Waals surface area contributed by atoms with E-state index in [9.17, 15) is 8.42 Å². The maximum absolute atomic E-state index is 13.1. The van der Waals surface area contributed by atoms with Gasteiger partial charge in [0.05, 0.1) is 24.2 Å². The quantitative estimate of drug-likeness (QED) is 0.428. The van der Waals surface area contributed by atoms with E-state index in [0.29, 0.717) is 25.3 Å². The molecule has 31 heavy (non-hydrogen) atoms. The second-order valence-electron chi connectivity index (χ2n) is 7.23. The van der Waals surface area contributed by atoms with Gasteiger partial charge in [0.15, 0.2) is 0 Å². The van der Waals surface area contributed by atoms with Gasteiger partial charge in [-0.3, -0.25) is 0 Å². The number of rotatable bonds is 10. The summed E-state index contributed by atoms with van der Waals surface area (Å²) in [5.41, 5.74) is 3.00. The highest BCUT2D eigenvalue weighted by Crippen LogP contribution is 2.24. The molecular formula is C23H28N2O4S2. The van der Waals surface area contributed by atoms with Crippen LogP contribution in [0.1, 0.15) is 35.2 Å². The molecule has 0 radical (unpaired) electrons. The molecule has 8 heteroatoms. The molecule has 1 aromatic heterocycles. The number of aryl methyl sites for hydroxylation is 1. The van der Waals surface area contributed by atoms with Crippen molar-refractivity contribution in [3.05, 3.63) is 69.7 Å². The predicted octanol–water partition coefficient (Wildman–Crippen LogP) is 4.95. The van der Waals surface area contributed by atoms with Gasteiger partial charge in [-0.25, -0.2) is 13.4 Å². The average molecular weight is 461 g/mol. The zero-order valence-electron chi connectivity index (χ0n) is 18.3. The number of sulfonamides is 1. The molecule has 0 unspecified atom stereocenters. The van der Waals surface area contributed by atoms with Crippen molar-refractivity contribution in [2.24, 2.45) is 0 Å². The highest BCUT2D eigenvalue weighted by molar-refractivity contribution is 7.89. The van der Waals surface area contributed by atoms with Gasteiger partial charge in [-0.05, 0) is 61.7 Å². The number of thiazole rings is 1. The second kappa shape index (κ2) is 10.3. The van der Waals surface area contributed by atoms with Gasteiger partial charge >= 0.3 is 0 Å². The van der Waals surface area contributed by atoms with Gasteiger partial charge in [0, 0.05) is 11.9 Å². The highest BCUT2D eigenvalue weighted by Gasteiger charge is 2.25. The van der Waals surface area contributed by atoms with Crippen molar-refractivity contribution in [3.8, 4) is 11.5 Å². The normalized spacial score (nSPS) is 11.6. The van der Waals surface area contributed by atoms with Crippen molar-refractivity contribution in [1.82, 2.24) is 9.29 Å². The van der Waals surface area contributed by atoms with Gasteiger partial charge < -0.3 is 9.47 Å². The van der Waals surface area contributed by atoms with E-state index in [1.807, 2.05) is 31.4 Å². The van der Waals surface area contributed by atoms with Crippen molar-refractivity contribution in [1.29, 1.82) is 0 Å². The summed E-state index contributed by atoms with van der Waals surface area (Å²) in [7, 11) is -2.08. The molecule has 0 saturated heterocycles. The molecule has 166 valence electrons. The maximum atomic E-state index is 13.1. The minimum Gasteiger partial charge on any atom is -0.497 e. The van der Waals surface area contributed by atoms with Crippen molar-refractivity contribution in [3.63, 3.8) is 0 Å². The van der Waals surface area contributed by atoms with E-state index in [1.54, 1.807) is 31.4 Å². The van der Waals surface area contributed by atoms with Crippen LogP contribution < -0.4 is 9.47 Å². The fourth-order valence-corrected chi connectivity index (χ4v) is 5.32. The van der Waals surface area contributed by atoms with Crippen LogP contribution in [-0.2, 0) is 23.2 Å². The third-order valence-electron chi connectivity index (χ3n) is 5.01. The molecule has 0 N–H and O–H groups in total. The smallest absolute Gasteiger partial charge is 0.243 e. The molecule has 2 aromatic carbocycles. The molecule has 0 aliphatic rings. The van der Waals surface area contributed by atoms with Crippen LogP contribution in [0.4, 0.5) is 0 Å². The molecule has 1 heterocycles. The van der Waals surface area contributed by atoms with Gasteiger partial charge in [0.1, 0.15) is 23.1 Å². The van der Waals surface area contributed by atoms with Crippen LogP contribution in [0.5, 0.6) is 11.5 Å². The summed E-state index contributed by atoms with van der Waals surface area (Å²) in [4.78, 5) is 4.85. The molecule has 0 atom stereocenters. The number of ether oxygens (including phenoxy) is 2. The topological polar surface area (TPSA) is 68.7 Å². The van der Waals surface area contributed by atoms with Gasteiger partial charge in [-0.2, -0.15) is 4.31 Å². The first kappa shape index (κ1) is 23.2. The minimum atomic E-state index is -3.63. The van der Waals surface area contributed by atoms with E-state index in [4.69, 9.17) is 9.47 Å². The third-order valence-corrected chi connectivity index (χ3v) is 7.74. The van der Waals surface area contributed by atoms with Crippen molar-refractivity contribution in [2.45, 2.75) is 45.2 Å². The predicted molar refractivity (Wildman–Crippen MR) is 123 cm³/mol. The molecule has 0 aliphatic carbocycles. The Labute approximate surface area is 188 Å². The second-order valence-corrected chi connectivity index (χ2v) is 10.1. The lowest BCUT2D eigenvalue weighted by molar-refractivity contribution is 0.302. The van der Waals surface area contributed by atoms with Crippen molar-refractivity contribution in [2.75, 3.05) is 13.7 Å². The molecule has 3 rings (SSSR count). The fraction of sp³-hybridized carbons (Fsp3) is 0.348. The molecule has 0 saturated carbocycles. The van der Waals surface area contributed by atoms with Crippen LogP contribution >= 0.6 is 11.3 Å². The Hall–Kier alpha value is -2.42. The SMILES string of the molecule is CCCN(Cc1csc(COc2cccc(C)c2C)n1)S(=O)(=O)c1ccc(OC)cc1. The van der Waals surface area contributed by atoms with Crippen LogP contribution in [-0.4, -0.2) is 31.4 Å². The Bertz CT molecular complexity index is 1110. The zero-order chi connectivity index (χ0) is 22.4. The molecule has 0 spiro atoms. The number of hydrogen-bond acceptors (Lipinski definition) is 6. The summed E-state index contributed by atoms with van der Waals surface area (Å²) in [6, 6.07) is 12.4. The number of aromatic nitrogens is 1. The fourth-order valence-electron chi connectivity index (χ4n) is 3.12. The minimum absolute atomic E-state index is 0.224. The van der Waals surface area contributed by atoms with Gasteiger partial charge in [0.25, 0.3) is 0 Å². The summed E-state index contributed by atoms with van der Waals surface area (Å²) in [5.74, 6) is 1.46. The Morgan fingerprint density at radius 2 is 1.84 bits per heavy atom. The van der Waals surface area contributed by atoms with E-state index in [-0.39, 0.29) is 11.4 Å². The summed E-state index contributed by atoms with van der Waals surface area (Å²) in [6.45, 7) is 7.04. The molecular weight excluding hydrogens is 432 g/mol. The standard InChI is InChI=1S/C23H28N2O4S2/c1-5-13-25(31(26,27)21-11-9-20(28-4)10-12-21)14-19-16-30-23(24-19)15-29-22-8-6-7-17(2)18(22)3/h6-12,16H,5,13-15H2,1-4H3. The number of benzene rings is 2. The lowest BCUT2D eigenvalue weighted by Gasteiger charge is -2.21. The first-order valence-corrected chi connectivity index (χ1v) is 12.4. The molecule has 0 fully saturated rings. The first-order valence-electron chi connectivity index (χ1n) is 10.1. The summed E-state index contributed by atoms with van der Waals surface area (Å²) in [6.07, 6.45) is 0.710. The molecule has 0 bridgehead atoms. The van der Waals surface area contributed by atoms with Crippen LogP contribution in [0.2, 0.25) is 0 Å². The average Bonchev–Trinajstić information content (AvgIpc) is 3.22. The maximum Gasteiger partial charge on any atom is 0.243 e. The van der Waals surface area contributed by atoms with Crippen LogP contribution in [0, 0.1) is 13.8 Å². The van der Waals surface area contributed by atoms with E-state index in [1.165, 1.54) is 21.2 Å². The Kier molecular flexibility index (Phi) is 7.69. The monoisotopic (exact) mass is 460 g/mol. The number of nitrogens with zero attached hydrogens (tertiary/aromatic N) is 2. The highest BCUT2D eigenvalue weighted by atomic mass is 32.2.